The molecule has 0 fully saturated rings. The number of nitrogens with one attached hydrogen (secondary N) is 1. The van der Waals surface area contributed by atoms with Crippen LogP contribution in [0.15, 0.2) is 60.8 Å². The Morgan fingerprint density at radius 2 is 1.77 bits per heavy atom. The fourth-order valence-corrected chi connectivity index (χ4v) is 2.63. The van der Waals surface area contributed by atoms with Crippen molar-refractivity contribution in [1.29, 1.82) is 0 Å². The van der Waals surface area contributed by atoms with E-state index in [4.69, 9.17) is 11.6 Å². The van der Waals surface area contributed by atoms with E-state index >= 15 is 0 Å². The molecule has 0 aliphatic heterocycles. The van der Waals surface area contributed by atoms with Crippen molar-refractivity contribution < 1.29 is 17.6 Å². The minimum atomic E-state index is -4.45. The zero-order valence-corrected chi connectivity index (χ0v) is 14.1. The van der Waals surface area contributed by atoms with E-state index in [1.165, 1.54) is 18.3 Å². The Hall–Kier alpha value is -2.60. The van der Waals surface area contributed by atoms with Gasteiger partial charge < -0.3 is 5.32 Å². The van der Waals surface area contributed by atoms with Gasteiger partial charge in [-0.1, -0.05) is 29.8 Å². The van der Waals surface area contributed by atoms with Gasteiger partial charge in [0, 0.05) is 34.5 Å². The molecule has 0 aliphatic carbocycles. The van der Waals surface area contributed by atoms with Crippen LogP contribution in [0.2, 0.25) is 5.02 Å². The third-order valence-electron chi connectivity index (χ3n) is 3.79. The molecule has 0 aliphatic rings. The van der Waals surface area contributed by atoms with Crippen molar-refractivity contribution in [3.8, 4) is 11.1 Å². The van der Waals surface area contributed by atoms with Crippen LogP contribution in [0.5, 0.6) is 0 Å². The van der Waals surface area contributed by atoms with E-state index in [9.17, 15) is 17.6 Å². The summed E-state index contributed by atoms with van der Waals surface area (Å²) in [5.74, 6) is 0.146. The number of hydrogen-bond acceptors (Lipinski definition) is 2. The summed E-state index contributed by atoms with van der Waals surface area (Å²) in [5, 5.41) is 3.17. The number of halogens is 5. The third kappa shape index (κ3) is 4.14. The first-order valence-electron chi connectivity index (χ1n) is 7.65. The molecule has 1 aromatic heterocycles. The highest BCUT2D eigenvalue weighted by Crippen LogP contribution is 2.35. The molecule has 3 rings (SSSR count). The van der Waals surface area contributed by atoms with Gasteiger partial charge in [-0.3, -0.25) is 0 Å². The van der Waals surface area contributed by atoms with Gasteiger partial charge in [-0.2, -0.15) is 13.2 Å². The lowest BCUT2D eigenvalue weighted by Gasteiger charge is -2.11. The first kappa shape index (κ1) is 18.2. The molecule has 0 amide bonds. The Kier molecular flexibility index (Phi) is 5.13. The molecule has 3 aromatic rings. The van der Waals surface area contributed by atoms with Crippen molar-refractivity contribution in [3.63, 3.8) is 0 Å². The van der Waals surface area contributed by atoms with E-state index in [2.05, 4.69) is 10.3 Å². The second-order valence-corrected chi connectivity index (χ2v) is 5.98. The average Bonchev–Trinajstić information content (AvgIpc) is 2.61. The molecule has 2 nitrogen and oxygen atoms in total. The maximum Gasteiger partial charge on any atom is 0.416 e. The van der Waals surface area contributed by atoms with Gasteiger partial charge >= 0.3 is 6.18 Å². The standard InChI is InChI=1S/C19H13ClF4N2/c20-16-7-6-14(19(22,23)24)9-15(16)12-5-8-18(25-10-12)26-11-13-3-1-2-4-17(13)21/h1-10H,11H2,(H,25,26). The number of aromatic nitrogens is 1. The van der Waals surface area contributed by atoms with Crippen LogP contribution in [-0.4, -0.2) is 4.98 Å². The fourth-order valence-electron chi connectivity index (χ4n) is 2.41. The van der Waals surface area contributed by atoms with Crippen molar-refractivity contribution in [2.75, 3.05) is 5.32 Å². The van der Waals surface area contributed by atoms with Crippen LogP contribution < -0.4 is 5.32 Å². The van der Waals surface area contributed by atoms with Gasteiger partial charge in [0.25, 0.3) is 0 Å². The number of rotatable bonds is 4. The van der Waals surface area contributed by atoms with E-state index < -0.39 is 11.7 Å². The molecule has 7 heteroatoms. The van der Waals surface area contributed by atoms with Crippen LogP contribution in [-0.2, 0) is 12.7 Å². The Balaban J connectivity index is 1.79. The summed E-state index contributed by atoms with van der Waals surface area (Å²) in [6.45, 7) is 0.239. The summed E-state index contributed by atoms with van der Waals surface area (Å²) in [4.78, 5) is 4.16. The molecular formula is C19H13ClF4N2. The van der Waals surface area contributed by atoms with Crippen LogP contribution in [0.1, 0.15) is 11.1 Å². The summed E-state index contributed by atoms with van der Waals surface area (Å²) in [7, 11) is 0. The summed E-state index contributed by atoms with van der Waals surface area (Å²) < 4.78 is 52.2. The Bertz CT molecular complexity index is 908. The Morgan fingerprint density at radius 1 is 1.00 bits per heavy atom. The number of pyridine rings is 1. The SMILES string of the molecule is Fc1ccccc1CNc1ccc(-c2cc(C(F)(F)F)ccc2Cl)cn1. The highest BCUT2D eigenvalue weighted by Gasteiger charge is 2.31. The van der Waals surface area contributed by atoms with Crippen molar-refractivity contribution in [3.05, 3.63) is 82.8 Å². The van der Waals surface area contributed by atoms with Gasteiger partial charge in [0.05, 0.1) is 5.56 Å². The van der Waals surface area contributed by atoms with Crippen molar-refractivity contribution in [2.24, 2.45) is 0 Å². The Morgan fingerprint density at radius 3 is 2.42 bits per heavy atom. The number of hydrogen-bond donors (Lipinski definition) is 1. The van der Waals surface area contributed by atoms with Gasteiger partial charge in [-0.15, -0.1) is 0 Å². The van der Waals surface area contributed by atoms with Gasteiger partial charge in [0.15, 0.2) is 0 Å². The van der Waals surface area contributed by atoms with E-state index in [1.54, 1.807) is 30.3 Å². The zero-order valence-electron chi connectivity index (χ0n) is 13.3. The minimum Gasteiger partial charge on any atom is -0.366 e. The van der Waals surface area contributed by atoms with Gasteiger partial charge in [-0.05, 0) is 36.4 Å². The van der Waals surface area contributed by atoms with E-state index in [0.717, 1.165) is 12.1 Å². The molecule has 0 atom stereocenters. The number of anilines is 1. The predicted octanol–water partition coefficient (Wildman–Crippen LogP) is 6.17. The summed E-state index contributed by atoms with van der Waals surface area (Å²) in [6, 6.07) is 12.7. The lowest BCUT2D eigenvalue weighted by molar-refractivity contribution is -0.137. The molecule has 2 aromatic carbocycles. The van der Waals surface area contributed by atoms with Crippen molar-refractivity contribution in [1.82, 2.24) is 4.98 Å². The second kappa shape index (κ2) is 7.33. The fraction of sp³-hybridized carbons (Fsp3) is 0.105. The third-order valence-corrected chi connectivity index (χ3v) is 4.12. The molecule has 0 spiro atoms. The highest BCUT2D eigenvalue weighted by atomic mass is 35.5. The molecule has 134 valence electrons. The molecule has 0 saturated carbocycles. The maximum atomic E-state index is 13.6. The molecule has 0 radical (unpaired) electrons. The number of benzene rings is 2. The second-order valence-electron chi connectivity index (χ2n) is 5.57. The number of nitrogens with zero attached hydrogens (tertiary/aromatic N) is 1. The molecule has 1 N–H and O–H groups in total. The molecule has 0 saturated heterocycles. The molecule has 1 heterocycles. The van der Waals surface area contributed by atoms with Crippen LogP contribution in [0, 0.1) is 5.82 Å². The first-order chi connectivity index (χ1) is 12.3. The van der Waals surface area contributed by atoms with Crippen LogP contribution >= 0.6 is 11.6 Å². The summed E-state index contributed by atoms with van der Waals surface area (Å²) in [6.07, 6.45) is -3.03. The normalized spacial score (nSPS) is 11.4. The van der Waals surface area contributed by atoms with E-state index in [0.29, 0.717) is 16.9 Å². The van der Waals surface area contributed by atoms with Crippen LogP contribution in [0.4, 0.5) is 23.4 Å². The minimum absolute atomic E-state index is 0.201. The summed E-state index contributed by atoms with van der Waals surface area (Å²) >= 11 is 6.03. The largest absolute Gasteiger partial charge is 0.416 e. The van der Waals surface area contributed by atoms with E-state index in [-0.39, 0.29) is 22.9 Å². The van der Waals surface area contributed by atoms with Crippen molar-refractivity contribution in [2.45, 2.75) is 12.7 Å². The first-order valence-corrected chi connectivity index (χ1v) is 8.03. The quantitative estimate of drug-likeness (QED) is 0.547. The topological polar surface area (TPSA) is 24.9 Å². The smallest absolute Gasteiger partial charge is 0.366 e. The van der Waals surface area contributed by atoms with Gasteiger partial charge in [0.1, 0.15) is 11.6 Å². The zero-order chi connectivity index (χ0) is 18.7. The number of alkyl halides is 3. The summed E-state index contributed by atoms with van der Waals surface area (Å²) in [5.41, 5.74) is 0.408. The van der Waals surface area contributed by atoms with Gasteiger partial charge in [-0.25, -0.2) is 9.37 Å². The molecule has 0 bridgehead atoms. The van der Waals surface area contributed by atoms with Crippen LogP contribution in [0.25, 0.3) is 11.1 Å². The molecule has 0 unspecified atom stereocenters. The van der Waals surface area contributed by atoms with Crippen LogP contribution in [0.3, 0.4) is 0 Å². The van der Waals surface area contributed by atoms with Gasteiger partial charge in [0.2, 0.25) is 0 Å². The highest BCUT2D eigenvalue weighted by molar-refractivity contribution is 6.33. The Labute approximate surface area is 152 Å². The molecular weight excluding hydrogens is 368 g/mol. The lowest BCUT2D eigenvalue weighted by atomic mass is 10.0. The maximum absolute atomic E-state index is 13.6. The average molecular weight is 381 g/mol. The van der Waals surface area contributed by atoms with E-state index in [1.807, 2.05) is 0 Å². The van der Waals surface area contributed by atoms with Crippen molar-refractivity contribution >= 4 is 17.4 Å². The monoisotopic (exact) mass is 380 g/mol. The molecule has 26 heavy (non-hydrogen) atoms. The lowest BCUT2D eigenvalue weighted by Crippen LogP contribution is -2.05. The predicted molar refractivity (Wildman–Crippen MR) is 93.4 cm³/mol.